The Morgan fingerprint density at radius 1 is 0.538 bits per heavy atom. The van der Waals surface area contributed by atoms with E-state index in [-0.39, 0.29) is 16.5 Å². The third kappa shape index (κ3) is 9540. The van der Waals surface area contributed by atoms with Gasteiger partial charge >= 0.3 is 16.5 Å². The summed E-state index contributed by atoms with van der Waals surface area (Å²) >= 11 is 0. The molecule has 0 rings (SSSR count). The third-order valence-electron chi connectivity index (χ3n) is 0. The van der Waals surface area contributed by atoms with Crippen molar-refractivity contribution in [2.24, 2.45) is 0 Å². The fraction of sp³-hybridized carbons (Fsp3) is 1.00. The van der Waals surface area contributed by atoms with Crippen LogP contribution in [0.4, 0.5) is 0 Å². The Hall–Kier alpha value is 0.374. The molecule has 0 aromatic heterocycles. The average Bonchev–Trinajstić information content (AvgIpc) is 1.54. The molecule has 0 spiro atoms. The smallest absolute Gasteiger partial charge is 0.852 e. The van der Waals surface area contributed by atoms with Gasteiger partial charge in [-0.1, -0.05) is 41.5 Å². The average molecular weight is 236 g/mol. The molecule has 3 nitrogen and oxygen atoms in total. The summed E-state index contributed by atoms with van der Waals surface area (Å²) in [6, 6.07) is 0. The minimum atomic E-state index is -0.417. The van der Waals surface area contributed by atoms with Crippen LogP contribution in [0.3, 0.4) is 0 Å². The summed E-state index contributed by atoms with van der Waals surface area (Å²) in [5, 5.41) is 28.6. The molecule has 0 N–H and O–H groups in total. The Morgan fingerprint density at radius 3 is 0.538 bits per heavy atom. The van der Waals surface area contributed by atoms with Gasteiger partial charge in [0, 0.05) is 0 Å². The number of hydrogen-bond donors (Lipinski definition) is 0. The van der Waals surface area contributed by atoms with Crippen molar-refractivity contribution in [3.63, 3.8) is 0 Å². The Morgan fingerprint density at radius 2 is 0.538 bits per heavy atom. The number of hydrogen-bond acceptors (Lipinski definition) is 3. The molecular weight excluding hydrogens is 215 g/mol. The van der Waals surface area contributed by atoms with Crippen molar-refractivity contribution in [1.29, 1.82) is 0 Å². The molecule has 0 aromatic rings. The summed E-state index contributed by atoms with van der Waals surface area (Å²) < 4.78 is 0. The maximum Gasteiger partial charge on any atom is 3.00 e. The van der Waals surface area contributed by atoms with Crippen LogP contribution in [-0.2, 0) is 16.5 Å². The first-order valence-corrected chi connectivity index (χ1v) is 4.17. The molecule has 0 saturated carbocycles. The van der Waals surface area contributed by atoms with Crippen LogP contribution < -0.4 is 15.3 Å². The first kappa shape index (κ1) is 23.3. The first-order valence-electron chi connectivity index (χ1n) is 4.17. The van der Waals surface area contributed by atoms with E-state index in [1.807, 2.05) is 0 Å². The van der Waals surface area contributed by atoms with Crippen LogP contribution in [0.2, 0.25) is 0 Å². The fourth-order valence-electron chi connectivity index (χ4n) is 0. The van der Waals surface area contributed by atoms with Gasteiger partial charge in [0.2, 0.25) is 0 Å². The minimum absolute atomic E-state index is 0. The van der Waals surface area contributed by atoms with Gasteiger partial charge in [0.05, 0.1) is 0 Å². The molecule has 0 unspecified atom stereocenters. The van der Waals surface area contributed by atoms with E-state index in [1.165, 1.54) is 0 Å². The van der Waals surface area contributed by atoms with Crippen LogP contribution >= 0.6 is 0 Å². The summed E-state index contributed by atoms with van der Waals surface area (Å²) in [6.45, 7) is 9.67. The van der Waals surface area contributed by atoms with Crippen molar-refractivity contribution in [2.45, 2.75) is 59.9 Å². The second-order valence-corrected chi connectivity index (χ2v) is 3.15. The molecule has 85 valence electrons. The standard InChI is InChI=1S/3C3H7O.Ni/c3*1-3(2)4;/h3*3H,1-2H3;/q3*-1;+3. The van der Waals surface area contributed by atoms with Crippen LogP contribution in [0, 0.1) is 0 Å². The molecule has 0 fully saturated rings. The molecule has 0 bridgehead atoms. The Labute approximate surface area is 92.1 Å². The van der Waals surface area contributed by atoms with Gasteiger partial charge in [0.1, 0.15) is 0 Å². The van der Waals surface area contributed by atoms with E-state index in [2.05, 4.69) is 0 Å². The van der Waals surface area contributed by atoms with E-state index >= 15 is 0 Å². The molecule has 0 amide bonds. The van der Waals surface area contributed by atoms with Gasteiger partial charge in [0.25, 0.3) is 0 Å². The van der Waals surface area contributed by atoms with Gasteiger partial charge in [-0.3, -0.25) is 0 Å². The third-order valence-corrected chi connectivity index (χ3v) is 0. The van der Waals surface area contributed by atoms with Crippen molar-refractivity contribution >= 4 is 0 Å². The van der Waals surface area contributed by atoms with Crippen molar-refractivity contribution in [3.05, 3.63) is 0 Å². The molecule has 1 radical (unpaired) electrons. The molecule has 0 aromatic carbocycles. The summed E-state index contributed by atoms with van der Waals surface area (Å²) in [5.41, 5.74) is 0. The van der Waals surface area contributed by atoms with Crippen molar-refractivity contribution in [2.75, 3.05) is 0 Å². The predicted octanol–water partition coefficient (Wildman–Crippen LogP) is -0.737. The van der Waals surface area contributed by atoms with Gasteiger partial charge in [-0.25, -0.2) is 0 Å². The Kier molecular flexibility index (Phi) is 32.7. The monoisotopic (exact) mass is 235 g/mol. The first-order chi connectivity index (χ1) is 5.20. The van der Waals surface area contributed by atoms with Crippen molar-refractivity contribution in [1.82, 2.24) is 0 Å². The van der Waals surface area contributed by atoms with E-state index in [1.54, 1.807) is 41.5 Å². The SMILES string of the molecule is CC(C)[O-].CC(C)[O-].CC(C)[O-].[Ni+3]. The van der Waals surface area contributed by atoms with Gasteiger partial charge in [-0.05, 0) is 0 Å². The molecule has 0 saturated heterocycles. The molecule has 0 aliphatic heterocycles. The summed E-state index contributed by atoms with van der Waals surface area (Å²) in [5.74, 6) is 0. The Bertz CT molecular complexity index is 43.4. The topological polar surface area (TPSA) is 69.2 Å². The van der Waals surface area contributed by atoms with Gasteiger partial charge in [-0.15, -0.1) is 18.3 Å². The summed E-state index contributed by atoms with van der Waals surface area (Å²) in [7, 11) is 0. The fourth-order valence-corrected chi connectivity index (χ4v) is 0. The van der Waals surface area contributed by atoms with E-state index in [0.717, 1.165) is 0 Å². The van der Waals surface area contributed by atoms with Gasteiger partial charge < -0.3 is 15.3 Å². The van der Waals surface area contributed by atoms with Crippen LogP contribution in [0.15, 0.2) is 0 Å². The zero-order valence-electron chi connectivity index (χ0n) is 9.27. The quantitative estimate of drug-likeness (QED) is 0.520. The van der Waals surface area contributed by atoms with E-state index < -0.39 is 18.3 Å². The van der Waals surface area contributed by atoms with Crippen LogP contribution in [0.5, 0.6) is 0 Å². The van der Waals surface area contributed by atoms with Gasteiger partial charge in [0.15, 0.2) is 0 Å². The van der Waals surface area contributed by atoms with Crippen LogP contribution in [0.25, 0.3) is 0 Å². The van der Waals surface area contributed by atoms with Crippen molar-refractivity contribution < 1.29 is 31.8 Å². The molecule has 13 heavy (non-hydrogen) atoms. The maximum absolute atomic E-state index is 9.53. The second-order valence-electron chi connectivity index (χ2n) is 3.15. The van der Waals surface area contributed by atoms with E-state index in [0.29, 0.717) is 0 Å². The zero-order valence-corrected chi connectivity index (χ0v) is 10.3. The second kappa shape index (κ2) is 18.2. The maximum atomic E-state index is 9.53. The van der Waals surface area contributed by atoms with Gasteiger partial charge in [-0.2, -0.15) is 0 Å². The summed E-state index contributed by atoms with van der Waals surface area (Å²) in [6.07, 6.45) is -1.25. The van der Waals surface area contributed by atoms with Crippen LogP contribution in [0.1, 0.15) is 41.5 Å². The largest absolute Gasteiger partial charge is 3.00 e. The number of rotatable bonds is 0. The van der Waals surface area contributed by atoms with E-state index in [4.69, 9.17) is 0 Å². The molecule has 4 heteroatoms. The Balaban J connectivity index is -0.0000000450. The molecule has 0 atom stereocenters. The van der Waals surface area contributed by atoms with E-state index in [9.17, 15) is 15.3 Å². The molecular formula is C9H21NiO3. The van der Waals surface area contributed by atoms with Crippen molar-refractivity contribution in [3.8, 4) is 0 Å². The minimum Gasteiger partial charge on any atom is -0.852 e. The predicted molar refractivity (Wildman–Crippen MR) is 45.4 cm³/mol. The zero-order chi connectivity index (χ0) is 10.7. The normalized spacial score (nSPS) is 8.31. The molecule has 0 aliphatic carbocycles. The molecule has 0 heterocycles. The molecule has 0 aliphatic rings. The van der Waals surface area contributed by atoms with Crippen LogP contribution in [-0.4, -0.2) is 18.3 Å². The summed E-state index contributed by atoms with van der Waals surface area (Å²) in [4.78, 5) is 0.